The van der Waals surface area contributed by atoms with Crippen molar-refractivity contribution < 1.29 is 14.3 Å². The van der Waals surface area contributed by atoms with Crippen LogP contribution in [0.1, 0.15) is 55.8 Å². The minimum absolute atomic E-state index is 0.0200. The van der Waals surface area contributed by atoms with Crippen LogP contribution in [0.5, 0.6) is 0 Å². The van der Waals surface area contributed by atoms with E-state index < -0.39 is 0 Å². The number of hydrogen-bond acceptors (Lipinski definition) is 5. The van der Waals surface area contributed by atoms with Gasteiger partial charge in [0.25, 0.3) is 5.91 Å². The Kier molecular flexibility index (Phi) is 5.99. The lowest BCUT2D eigenvalue weighted by Crippen LogP contribution is -2.43. The third-order valence-corrected chi connectivity index (χ3v) is 5.51. The highest BCUT2D eigenvalue weighted by molar-refractivity contribution is 6.03. The third-order valence-electron chi connectivity index (χ3n) is 5.51. The zero-order valence-electron chi connectivity index (χ0n) is 17.9. The van der Waals surface area contributed by atoms with Crippen molar-refractivity contribution in [3.8, 4) is 0 Å². The zero-order valence-corrected chi connectivity index (χ0v) is 17.9. The summed E-state index contributed by atoms with van der Waals surface area (Å²) in [5.41, 5.74) is 2.00. The number of benzene rings is 1. The quantitative estimate of drug-likeness (QED) is 0.658. The molecule has 8 heteroatoms. The smallest absolute Gasteiger partial charge is 0.275 e. The fraction of sp³-hybridized carbons (Fsp3) is 0.391. The number of imidazole rings is 1. The van der Waals surface area contributed by atoms with Crippen LogP contribution in [-0.4, -0.2) is 38.3 Å². The number of aromatic nitrogens is 3. The summed E-state index contributed by atoms with van der Waals surface area (Å²) in [6.07, 6.45) is 6.60. The van der Waals surface area contributed by atoms with E-state index in [1.807, 2.05) is 24.3 Å². The molecule has 1 aliphatic heterocycles. The molecule has 2 N–H and O–H groups in total. The molecule has 0 radical (unpaired) electrons. The number of carbonyl (C=O) groups excluding carboxylic acids is 2. The fourth-order valence-corrected chi connectivity index (χ4v) is 3.92. The number of carbonyl (C=O) groups is 2. The largest absolute Gasteiger partial charge is 0.370 e. The molecule has 0 aliphatic carbocycles. The number of amides is 2. The van der Waals surface area contributed by atoms with Crippen LogP contribution < -0.4 is 10.6 Å². The van der Waals surface area contributed by atoms with Gasteiger partial charge in [-0.15, -0.1) is 0 Å². The number of rotatable bonds is 5. The summed E-state index contributed by atoms with van der Waals surface area (Å²) in [4.78, 5) is 32.5. The molecule has 0 unspecified atom stereocenters. The molecule has 2 aromatic heterocycles. The number of hydrogen-bond donors (Lipinski definition) is 2. The molecule has 4 rings (SSSR count). The molecule has 0 spiro atoms. The maximum atomic E-state index is 12.6. The van der Waals surface area contributed by atoms with Gasteiger partial charge in [0, 0.05) is 37.2 Å². The molecule has 0 saturated carbocycles. The van der Waals surface area contributed by atoms with Crippen molar-refractivity contribution in [1.82, 2.24) is 19.7 Å². The molecule has 2 amide bonds. The van der Waals surface area contributed by atoms with Gasteiger partial charge in [-0.1, -0.05) is 26.0 Å². The summed E-state index contributed by atoms with van der Waals surface area (Å²) in [5.74, 6) is 0.523. The monoisotopic (exact) mass is 421 g/mol. The number of ether oxygens (including phenoxy) is 1. The Morgan fingerprint density at radius 2 is 1.97 bits per heavy atom. The average Bonchev–Trinajstić information content (AvgIpc) is 3.18. The van der Waals surface area contributed by atoms with E-state index >= 15 is 0 Å². The predicted octanol–water partition coefficient (Wildman–Crippen LogP) is 3.36. The Bertz CT molecular complexity index is 1040. The normalized spacial score (nSPS) is 21.2. The lowest BCUT2D eigenvalue weighted by Gasteiger charge is -2.37. The van der Waals surface area contributed by atoms with Crippen molar-refractivity contribution in [2.45, 2.75) is 51.9 Å². The third kappa shape index (κ3) is 4.91. The molecule has 1 saturated heterocycles. The molecule has 3 heterocycles. The van der Waals surface area contributed by atoms with Gasteiger partial charge in [0.1, 0.15) is 5.69 Å². The SMILES string of the molecule is CC(=O)N[C@H]1C[C@@H](c2ccc(NC(=O)c3cn4cccnc4n3)cc2)O[C@@H](C(C)C)C1. The van der Waals surface area contributed by atoms with Crippen LogP contribution in [0.3, 0.4) is 0 Å². The number of anilines is 1. The van der Waals surface area contributed by atoms with Crippen LogP contribution in [0.15, 0.2) is 48.9 Å². The van der Waals surface area contributed by atoms with Crippen molar-refractivity contribution in [1.29, 1.82) is 0 Å². The molecule has 31 heavy (non-hydrogen) atoms. The van der Waals surface area contributed by atoms with Gasteiger partial charge in [0.2, 0.25) is 11.7 Å². The molecule has 1 aromatic carbocycles. The van der Waals surface area contributed by atoms with E-state index in [1.54, 1.807) is 36.0 Å². The second kappa shape index (κ2) is 8.85. The second-order valence-corrected chi connectivity index (χ2v) is 8.31. The van der Waals surface area contributed by atoms with Gasteiger partial charge >= 0.3 is 0 Å². The Hall–Kier alpha value is -3.26. The number of nitrogens with one attached hydrogen (secondary N) is 2. The van der Waals surface area contributed by atoms with Gasteiger partial charge in [0.05, 0.1) is 12.2 Å². The summed E-state index contributed by atoms with van der Waals surface area (Å²) < 4.78 is 8.01. The maximum absolute atomic E-state index is 12.6. The molecule has 1 aliphatic rings. The van der Waals surface area contributed by atoms with Crippen LogP contribution >= 0.6 is 0 Å². The van der Waals surface area contributed by atoms with Gasteiger partial charge in [-0.05, 0) is 42.5 Å². The van der Waals surface area contributed by atoms with Crippen molar-refractivity contribution >= 4 is 23.3 Å². The van der Waals surface area contributed by atoms with E-state index in [2.05, 4.69) is 34.4 Å². The fourth-order valence-electron chi connectivity index (χ4n) is 3.92. The van der Waals surface area contributed by atoms with E-state index in [1.165, 1.54) is 0 Å². The summed E-state index contributed by atoms with van der Waals surface area (Å²) in [6, 6.07) is 9.50. The summed E-state index contributed by atoms with van der Waals surface area (Å²) in [7, 11) is 0. The molecule has 3 atom stereocenters. The molecular weight excluding hydrogens is 394 g/mol. The van der Waals surface area contributed by atoms with Crippen molar-refractivity contribution in [3.63, 3.8) is 0 Å². The van der Waals surface area contributed by atoms with Crippen molar-refractivity contribution in [2.24, 2.45) is 5.92 Å². The topological polar surface area (TPSA) is 97.6 Å². The van der Waals surface area contributed by atoms with Crippen LogP contribution in [0.25, 0.3) is 5.78 Å². The molecule has 162 valence electrons. The van der Waals surface area contributed by atoms with E-state index in [-0.39, 0.29) is 30.1 Å². The average molecular weight is 422 g/mol. The first-order valence-corrected chi connectivity index (χ1v) is 10.5. The van der Waals surface area contributed by atoms with Gasteiger partial charge in [-0.25, -0.2) is 9.97 Å². The Morgan fingerprint density at radius 1 is 1.19 bits per heavy atom. The Morgan fingerprint density at radius 3 is 2.65 bits per heavy atom. The van der Waals surface area contributed by atoms with Crippen LogP contribution in [-0.2, 0) is 9.53 Å². The number of fused-ring (bicyclic) bond motifs is 1. The molecule has 0 bridgehead atoms. The van der Waals surface area contributed by atoms with E-state index in [9.17, 15) is 9.59 Å². The van der Waals surface area contributed by atoms with E-state index in [0.29, 0.717) is 23.1 Å². The van der Waals surface area contributed by atoms with Crippen LogP contribution in [0.4, 0.5) is 5.69 Å². The lowest BCUT2D eigenvalue weighted by atomic mass is 9.90. The number of nitrogens with zero attached hydrogens (tertiary/aromatic N) is 3. The minimum atomic E-state index is -0.294. The first-order valence-electron chi connectivity index (χ1n) is 10.5. The highest BCUT2D eigenvalue weighted by atomic mass is 16.5. The summed E-state index contributed by atoms with van der Waals surface area (Å²) in [6.45, 7) is 5.81. The van der Waals surface area contributed by atoms with Crippen LogP contribution in [0.2, 0.25) is 0 Å². The van der Waals surface area contributed by atoms with Gasteiger partial charge < -0.3 is 15.4 Å². The Labute approximate surface area is 181 Å². The predicted molar refractivity (Wildman–Crippen MR) is 117 cm³/mol. The van der Waals surface area contributed by atoms with E-state index in [0.717, 1.165) is 18.4 Å². The first-order chi connectivity index (χ1) is 14.9. The summed E-state index contributed by atoms with van der Waals surface area (Å²) >= 11 is 0. The molecule has 8 nitrogen and oxygen atoms in total. The maximum Gasteiger partial charge on any atom is 0.275 e. The molecule has 1 fully saturated rings. The van der Waals surface area contributed by atoms with Gasteiger partial charge in [0.15, 0.2) is 0 Å². The van der Waals surface area contributed by atoms with Crippen molar-refractivity contribution in [3.05, 3.63) is 60.2 Å². The standard InChI is InChI=1S/C23H27N5O3/c1-14(2)20-11-18(25-15(3)29)12-21(31-20)16-5-7-17(8-6-16)26-22(30)19-13-28-10-4-9-24-23(28)27-19/h4-10,13-14,18,20-21H,11-12H2,1-3H3,(H,25,29)(H,26,30)/t18-,20-,21+/m1/s1. The minimum Gasteiger partial charge on any atom is -0.370 e. The first kappa shape index (κ1) is 21.0. The highest BCUT2D eigenvalue weighted by Gasteiger charge is 2.32. The Balaban J connectivity index is 1.45. The van der Waals surface area contributed by atoms with Gasteiger partial charge in [-0.3, -0.25) is 14.0 Å². The van der Waals surface area contributed by atoms with Gasteiger partial charge in [-0.2, -0.15) is 0 Å². The van der Waals surface area contributed by atoms with Crippen LogP contribution in [0, 0.1) is 5.92 Å². The lowest BCUT2D eigenvalue weighted by molar-refractivity contribution is -0.123. The highest BCUT2D eigenvalue weighted by Crippen LogP contribution is 2.34. The summed E-state index contributed by atoms with van der Waals surface area (Å²) in [5, 5.41) is 5.91. The molecule has 3 aromatic rings. The second-order valence-electron chi connectivity index (χ2n) is 8.31. The van der Waals surface area contributed by atoms with E-state index in [4.69, 9.17) is 4.74 Å². The van der Waals surface area contributed by atoms with Crippen molar-refractivity contribution in [2.75, 3.05) is 5.32 Å². The molecular formula is C23H27N5O3. The zero-order chi connectivity index (χ0) is 22.0.